The van der Waals surface area contributed by atoms with E-state index in [4.69, 9.17) is 0 Å². The van der Waals surface area contributed by atoms with E-state index in [1.165, 1.54) is 0 Å². The number of aliphatic hydroxyl groups excluding tert-OH is 2. The molecule has 0 heterocycles. The number of aliphatic hydroxyl groups is 2. The lowest BCUT2D eigenvalue weighted by Gasteiger charge is -2.21. The SMILES string of the molecule is OC(c1ccc(-c2ccccc2)cc1)c1cccc(-c2ccccc2-c2ccccc2C(O)c2ccccc2-c2ccccc2)c1. The summed E-state index contributed by atoms with van der Waals surface area (Å²) in [6.07, 6.45) is -1.59. The molecule has 2 atom stereocenters. The first-order valence-corrected chi connectivity index (χ1v) is 15.6. The van der Waals surface area contributed by atoms with Crippen LogP contribution in [-0.2, 0) is 0 Å². The monoisotopic (exact) mass is 594 g/mol. The molecule has 2 N–H and O–H groups in total. The van der Waals surface area contributed by atoms with Crippen molar-refractivity contribution in [3.8, 4) is 44.5 Å². The smallest absolute Gasteiger partial charge is 0.105 e. The normalized spacial score (nSPS) is 12.4. The molecule has 2 nitrogen and oxygen atoms in total. The minimum absolute atomic E-state index is 0.763. The van der Waals surface area contributed by atoms with Crippen molar-refractivity contribution in [2.24, 2.45) is 0 Å². The summed E-state index contributed by atoms with van der Waals surface area (Å²) in [5, 5.41) is 23.4. The highest BCUT2D eigenvalue weighted by Crippen LogP contribution is 2.40. The summed E-state index contributed by atoms with van der Waals surface area (Å²) in [4.78, 5) is 0. The van der Waals surface area contributed by atoms with Crippen LogP contribution in [0.4, 0.5) is 0 Å². The zero-order chi connectivity index (χ0) is 31.3. The second-order valence-corrected chi connectivity index (χ2v) is 11.5. The van der Waals surface area contributed by atoms with Crippen LogP contribution >= 0.6 is 0 Å². The summed E-state index contributed by atoms with van der Waals surface area (Å²) in [6.45, 7) is 0. The molecule has 0 aliphatic carbocycles. The first-order chi connectivity index (χ1) is 22.7. The fourth-order valence-electron chi connectivity index (χ4n) is 6.29. The molecule has 7 aromatic carbocycles. The predicted molar refractivity (Wildman–Crippen MR) is 189 cm³/mol. The van der Waals surface area contributed by atoms with Crippen LogP contribution in [0.25, 0.3) is 44.5 Å². The maximum absolute atomic E-state index is 11.9. The molecule has 0 spiro atoms. The van der Waals surface area contributed by atoms with Crippen LogP contribution in [0.3, 0.4) is 0 Å². The van der Waals surface area contributed by atoms with Gasteiger partial charge in [0.15, 0.2) is 0 Å². The molecule has 2 heteroatoms. The molecule has 7 aromatic rings. The molecular formula is C44H34O2. The molecule has 46 heavy (non-hydrogen) atoms. The number of hydrogen-bond acceptors (Lipinski definition) is 2. The van der Waals surface area contributed by atoms with Gasteiger partial charge in [-0.05, 0) is 72.8 Å². The summed E-state index contributed by atoms with van der Waals surface area (Å²) in [7, 11) is 0. The summed E-state index contributed by atoms with van der Waals surface area (Å²) in [6, 6.07) is 61.1. The van der Waals surface area contributed by atoms with Crippen molar-refractivity contribution in [1.82, 2.24) is 0 Å². The maximum Gasteiger partial charge on any atom is 0.105 e. The molecule has 0 radical (unpaired) electrons. The standard InChI is InChI=1S/C44H34O2/c45-43(34-28-26-32(27-29-34)31-14-3-1-4-15-31)36-19-13-18-35(30-36)38-21-7-9-22-39(38)40-23-10-12-25-42(40)44(46)41-24-11-8-20-37(41)33-16-5-2-6-17-33/h1-30,43-46H. The van der Waals surface area contributed by atoms with Gasteiger partial charge in [0.25, 0.3) is 0 Å². The number of benzene rings is 7. The van der Waals surface area contributed by atoms with E-state index in [0.717, 1.165) is 66.8 Å². The Bertz CT molecular complexity index is 2060. The summed E-state index contributed by atoms with van der Waals surface area (Å²) in [5.41, 5.74) is 11.7. The molecule has 0 aromatic heterocycles. The minimum Gasteiger partial charge on any atom is -0.384 e. The van der Waals surface area contributed by atoms with Crippen molar-refractivity contribution >= 4 is 0 Å². The van der Waals surface area contributed by atoms with E-state index in [9.17, 15) is 10.2 Å². The highest BCUT2D eigenvalue weighted by atomic mass is 16.3. The predicted octanol–water partition coefficient (Wildman–Crippen LogP) is 10.5. The number of rotatable bonds is 8. The third kappa shape index (κ3) is 5.92. The first kappa shape index (κ1) is 29.2. The second-order valence-electron chi connectivity index (χ2n) is 11.5. The van der Waals surface area contributed by atoms with Gasteiger partial charge in [0, 0.05) is 0 Å². The Kier molecular flexibility index (Phi) is 8.38. The Morgan fingerprint density at radius 1 is 0.283 bits per heavy atom. The van der Waals surface area contributed by atoms with Crippen molar-refractivity contribution in [1.29, 1.82) is 0 Å². The molecular weight excluding hydrogens is 560 g/mol. The molecule has 0 amide bonds. The molecule has 0 aliphatic heterocycles. The zero-order valence-corrected chi connectivity index (χ0v) is 25.4. The van der Waals surface area contributed by atoms with Gasteiger partial charge in [-0.25, -0.2) is 0 Å². The lowest BCUT2D eigenvalue weighted by atomic mass is 9.86. The molecule has 0 fully saturated rings. The summed E-state index contributed by atoms with van der Waals surface area (Å²) in [5.74, 6) is 0. The summed E-state index contributed by atoms with van der Waals surface area (Å²) >= 11 is 0. The fraction of sp³-hybridized carbons (Fsp3) is 0.0455. The highest BCUT2D eigenvalue weighted by molar-refractivity contribution is 5.86. The molecule has 0 saturated carbocycles. The molecule has 7 rings (SSSR count). The Balaban J connectivity index is 1.24. The third-order valence-corrected chi connectivity index (χ3v) is 8.66. The van der Waals surface area contributed by atoms with Gasteiger partial charge in [0.1, 0.15) is 12.2 Å². The van der Waals surface area contributed by atoms with Crippen LogP contribution in [0.2, 0.25) is 0 Å². The topological polar surface area (TPSA) is 40.5 Å². The molecule has 0 aliphatic rings. The maximum atomic E-state index is 11.9. The van der Waals surface area contributed by atoms with Gasteiger partial charge in [0.05, 0.1) is 0 Å². The highest BCUT2D eigenvalue weighted by Gasteiger charge is 2.21. The van der Waals surface area contributed by atoms with Crippen LogP contribution in [0.15, 0.2) is 182 Å². The third-order valence-electron chi connectivity index (χ3n) is 8.66. The van der Waals surface area contributed by atoms with E-state index in [0.29, 0.717) is 0 Å². The average Bonchev–Trinajstić information content (AvgIpc) is 3.15. The van der Waals surface area contributed by atoms with E-state index < -0.39 is 12.2 Å². The lowest BCUT2D eigenvalue weighted by Crippen LogP contribution is -2.04. The Morgan fingerprint density at radius 2 is 0.761 bits per heavy atom. The fourth-order valence-corrected chi connectivity index (χ4v) is 6.29. The van der Waals surface area contributed by atoms with Gasteiger partial charge in [-0.1, -0.05) is 176 Å². The lowest BCUT2D eigenvalue weighted by molar-refractivity contribution is 0.220. The molecule has 0 saturated heterocycles. The van der Waals surface area contributed by atoms with E-state index in [-0.39, 0.29) is 0 Å². The van der Waals surface area contributed by atoms with Crippen LogP contribution in [0.1, 0.15) is 34.5 Å². The Morgan fingerprint density at radius 3 is 1.43 bits per heavy atom. The van der Waals surface area contributed by atoms with Crippen molar-refractivity contribution in [2.45, 2.75) is 12.2 Å². The Hall–Kier alpha value is -5.54. The van der Waals surface area contributed by atoms with Crippen molar-refractivity contribution < 1.29 is 10.2 Å². The molecule has 222 valence electrons. The summed E-state index contributed by atoms with van der Waals surface area (Å²) < 4.78 is 0. The number of hydrogen-bond donors (Lipinski definition) is 2. The Labute approximate surface area is 270 Å². The van der Waals surface area contributed by atoms with Gasteiger partial charge < -0.3 is 10.2 Å². The molecule has 0 bridgehead atoms. The van der Waals surface area contributed by atoms with E-state index >= 15 is 0 Å². The van der Waals surface area contributed by atoms with Gasteiger partial charge in [0.2, 0.25) is 0 Å². The largest absolute Gasteiger partial charge is 0.384 e. The minimum atomic E-state index is -0.826. The van der Waals surface area contributed by atoms with Crippen molar-refractivity contribution in [3.05, 3.63) is 204 Å². The average molecular weight is 595 g/mol. The zero-order valence-electron chi connectivity index (χ0n) is 25.4. The van der Waals surface area contributed by atoms with Gasteiger partial charge in [-0.15, -0.1) is 0 Å². The van der Waals surface area contributed by atoms with E-state index in [1.54, 1.807) is 0 Å². The van der Waals surface area contributed by atoms with Crippen LogP contribution in [0.5, 0.6) is 0 Å². The van der Waals surface area contributed by atoms with E-state index in [2.05, 4.69) is 72.8 Å². The quantitative estimate of drug-likeness (QED) is 0.184. The van der Waals surface area contributed by atoms with Gasteiger partial charge in [-0.3, -0.25) is 0 Å². The van der Waals surface area contributed by atoms with Crippen LogP contribution in [0, 0.1) is 0 Å². The second kappa shape index (κ2) is 13.2. The first-order valence-electron chi connectivity index (χ1n) is 15.6. The van der Waals surface area contributed by atoms with Crippen molar-refractivity contribution in [3.63, 3.8) is 0 Å². The van der Waals surface area contributed by atoms with Gasteiger partial charge in [-0.2, -0.15) is 0 Å². The van der Waals surface area contributed by atoms with Gasteiger partial charge >= 0.3 is 0 Å². The van der Waals surface area contributed by atoms with Crippen LogP contribution in [-0.4, -0.2) is 10.2 Å². The van der Waals surface area contributed by atoms with Crippen LogP contribution < -0.4 is 0 Å². The molecule has 2 unspecified atom stereocenters. The van der Waals surface area contributed by atoms with E-state index in [1.807, 2.05) is 109 Å². The van der Waals surface area contributed by atoms with Crippen molar-refractivity contribution in [2.75, 3.05) is 0 Å².